The molecule has 1 aromatic heterocycles. The summed E-state index contributed by atoms with van der Waals surface area (Å²) >= 11 is 0. The van der Waals surface area contributed by atoms with E-state index in [1.165, 1.54) is 110 Å². The highest BCUT2D eigenvalue weighted by molar-refractivity contribution is 7.01. The monoisotopic (exact) mass is 1030 g/mol. The van der Waals surface area contributed by atoms with Crippen LogP contribution in [0.4, 0.5) is 51.4 Å². The number of benzene rings is 7. The summed E-state index contributed by atoms with van der Waals surface area (Å²) in [5.41, 5.74) is 23.8. The van der Waals surface area contributed by atoms with E-state index < -0.39 is 0 Å². The Hall–Kier alpha value is -6.46. The lowest BCUT2D eigenvalue weighted by molar-refractivity contribution is 0.318. The Morgan fingerprint density at radius 3 is 1.64 bits per heavy atom. The van der Waals surface area contributed by atoms with Gasteiger partial charge in [-0.2, -0.15) is 0 Å². The average molecular weight is 1030 g/mol. The molecule has 3 heterocycles. The van der Waals surface area contributed by atoms with Gasteiger partial charge in [-0.25, -0.2) is 0 Å². The Labute approximate surface area is 468 Å². The van der Waals surface area contributed by atoms with Crippen molar-refractivity contribution < 1.29 is 4.42 Å². The molecule has 78 heavy (non-hydrogen) atoms. The van der Waals surface area contributed by atoms with Crippen LogP contribution in [0.15, 0.2) is 144 Å². The summed E-state index contributed by atoms with van der Waals surface area (Å²) in [7, 11) is 0. The summed E-state index contributed by atoms with van der Waals surface area (Å²) in [4.78, 5) is 7.68. The first-order valence-corrected chi connectivity index (χ1v) is 29.6. The molecule has 7 aromatic carbocycles. The zero-order valence-corrected chi connectivity index (χ0v) is 49.8. The van der Waals surface area contributed by atoms with Gasteiger partial charge in [-0.1, -0.05) is 184 Å². The number of anilines is 9. The molecule has 400 valence electrons. The summed E-state index contributed by atoms with van der Waals surface area (Å²) in [5.74, 6) is 0.933. The summed E-state index contributed by atoms with van der Waals surface area (Å²) < 4.78 is 7.82. The third-order valence-electron chi connectivity index (χ3n) is 19.0. The van der Waals surface area contributed by atoms with Crippen LogP contribution in [0.5, 0.6) is 0 Å². The average Bonchev–Trinajstić information content (AvgIpc) is 3.12. The van der Waals surface area contributed by atoms with Crippen LogP contribution in [0.25, 0.3) is 11.0 Å². The molecule has 0 spiro atoms. The van der Waals surface area contributed by atoms with Crippen LogP contribution < -0.4 is 31.1 Å². The Morgan fingerprint density at radius 1 is 0.487 bits per heavy atom. The summed E-state index contributed by atoms with van der Waals surface area (Å²) in [5, 5.41) is 1.24. The molecule has 0 unspecified atom stereocenters. The highest BCUT2D eigenvalue weighted by Crippen LogP contribution is 2.54. The van der Waals surface area contributed by atoms with Crippen molar-refractivity contribution in [1.82, 2.24) is 0 Å². The molecule has 1 saturated carbocycles. The van der Waals surface area contributed by atoms with Crippen molar-refractivity contribution in [2.75, 3.05) is 14.7 Å². The molecule has 0 radical (unpaired) electrons. The molecule has 12 rings (SSSR count). The Bertz CT molecular complexity index is 3560. The van der Waals surface area contributed by atoms with Gasteiger partial charge in [-0.15, -0.1) is 0 Å². The van der Waals surface area contributed by atoms with Crippen molar-refractivity contribution in [3.05, 3.63) is 178 Å². The first kappa shape index (κ1) is 52.3. The van der Waals surface area contributed by atoms with E-state index in [1.807, 2.05) is 0 Å². The van der Waals surface area contributed by atoms with Gasteiger partial charge in [0.25, 0.3) is 6.71 Å². The number of fused-ring (bicyclic) bond motifs is 7. The maximum Gasteiger partial charge on any atom is 0.257 e. The van der Waals surface area contributed by atoms with E-state index in [4.69, 9.17) is 4.42 Å². The molecular formula is C73H84BN3O. The lowest BCUT2D eigenvalue weighted by Gasteiger charge is -2.45. The molecule has 5 heteroatoms. The number of hydrogen-bond donors (Lipinski definition) is 0. The number of rotatable bonds is 7. The highest BCUT2D eigenvalue weighted by Gasteiger charge is 2.49. The summed E-state index contributed by atoms with van der Waals surface area (Å²) in [6.07, 6.45) is 9.57. The molecule has 0 atom stereocenters. The van der Waals surface area contributed by atoms with Gasteiger partial charge in [-0.05, 0) is 193 Å². The predicted octanol–water partition coefficient (Wildman–Crippen LogP) is 19.0. The van der Waals surface area contributed by atoms with Crippen molar-refractivity contribution in [2.24, 2.45) is 0 Å². The second kappa shape index (κ2) is 18.3. The molecule has 1 fully saturated rings. The fourth-order valence-electron chi connectivity index (χ4n) is 14.1. The van der Waals surface area contributed by atoms with Gasteiger partial charge < -0.3 is 14.2 Å². The SMILES string of the molecule is CCc1cc2c3c(oc2cc1C1(C)CCCCC1)N(c1ccc2c(c1)C(C)(C)CCC2(C)C)c1cc(N(c2ccccc2)c2ccccc2)cc2c1B3c1cc(C(C)(C)C)ccc1N2c1cc(C(C)(C)C)cc(C(C)(C)C)c1. The maximum atomic E-state index is 7.82. The standard InChI is InChI=1S/C73H84BN3O/c1-16-47-38-56-64(46-58(47)73(15)34-24-19-25-35-73)78-67-65(56)74-60-42-48(68(2,3)4)30-33-61(60)76(54-40-49(69(5,6)7)39-50(41-54)70(8,9)10)62-44-55(75(51-26-20-17-21-27-51)52-28-22-18-23-29-52)45-63(66(62)74)77(67)53-31-32-57-59(43-53)72(13,14)37-36-71(57,11)12/h17-18,20-23,26-33,38-46H,16,19,24-25,34-37H2,1-15H3. The largest absolute Gasteiger partial charge is 0.440 e. The van der Waals surface area contributed by atoms with Crippen LogP contribution in [-0.2, 0) is 38.9 Å². The molecule has 0 saturated heterocycles. The molecule has 0 N–H and O–H groups in total. The molecule has 2 aliphatic heterocycles. The fraction of sp³-hybridized carbons (Fsp3) is 0.397. The van der Waals surface area contributed by atoms with Crippen molar-refractivity contribution in [3.8, 4) is 0 Å². The first-order valence-electron chi connectivity index (χ1n) is 29.6. The lowest BCUT2D eigenvalue weighted by atomic mass is 9.33. The molecule has 0 bridgehead atoms. The van der Waals surface area contributed by atoms with Gasteiger partial charge in [0.2, 0.25) is 5.88 Å². The molecule has 0 amide bonds. The topological polar surface area (TPSA) is 22.9 Å². The molecular weight excluding hydrogens is 946 g/mol. The quantitative estimate of drug-likeness (QED) is 0.148. The van der Waals surface area contributed by atoms with Crippen LogP contribution in [-0.4, -0.2) is 6.71 Å². The van der Waals surface area contributed by atoms with Gasteiger partial charge in [-0.3, -0.25) is 4.90 Å². The zero-order chi connectivity index (χ0) is 55.1. The van der Waals surface area contributed by atoms with Crippen LogP contribution in [0.2, 0.25) is 0 Å². The minimum atomic E-state index is -0.131. The van der Waals surface area contributed by atoms with Crippen LogP contribution in [0.3, 0.4) is 0 Å². The minimum Gasteiger partial charge on any atom is -0.440 e. The van der Waals surface area contributed by atoms with E-state index in [9.17, 15) is 0 Å². The third kappa shape index (κ3) is 8.63. The van der Waals surface area contributed by atoms with E-state index in [-0.39, 0.29) is 39.2 Å². The van der Waals surface area contributed by atoms with Crippen LogP contribution in [0, 0.1) is 0 Å². The fourth-order valence-corrected chi connectivity index (χ4v) is 14.1. The van der Waals surface area contributed by atoms with Gasteiger partial charge in [0.1, 0.15) is 5.58 Å². The second-order valence-corrected chi connectivity index (χ2v) is 28.6. The number of aryl methyl sites for hydroxylation is 1. The summed E-state index contributed by atoms with van der Waals surface area (Å²) in [6.45, 7) is 35.9. The van der Waals surface area contributed by atoms with E-state index in [1.54, 1.807) is 0 Å². The first-order chi connectivity index (χ1) is 36.9. The van der Waals surface area contributed by atoms with Gasteiger partial charge >= 0.3 is 0 Å². The molecule has 8 aromatic rings. The Morgan fingerprint density at radius 2 is 1.06 bits per heavy atom. The van der Waals surface area contributed by atoms with Crippen LogP contribution in [0.1, 0.15) is 188 Å². The number of hydrogen-bond acceptors (Lipinski definition) is 4. The molecule has 4 aliphatic rings. The van der Waals surface area contributed by atoms with Crippen molar-refractivity contribution in [2.45, 2.75) is 188 Å². The lowest BCUT2D eigenvalue weighted by Crippen LogP contribution is -2.61. The normalized spacial score (nSPS) is 17.3. The van der Waals surface area contributed by atoms with Gasteiger partial charge in [0, 0.05) is 50.7 Å². The van der Waals surface area contributed by atoms with E-state index >= 15 is 0 Å². The number of nitrogens with zero attached hydrogens (tertiary/aromatic N) is 3. The van der Waals surface area contributed by atoms with Crippen LogP contribution >= 0.6 is 0 Å². The van der Waals surface area contributed by atoms with Gasteiger partial charge in [0.05, 0.1) is 5.69 Å². The number of furan rings is 1. The Kier molecular flexibility index (Phi) is 12.3. The Balaban J connectivity index is 1.26. The second-order valence-electron chi connectivity index (χ2n) is 28.6. The van der Waals surface area contributed by atoms with Crippen molar-refractivity contribution >= 4 is 85.5 Å². The smallest absolute Gasteiger partial charge is 0.257 e. The maximum absolute atomic E-state index is 7.82. The summed E-state index contributed by atoms with van der Waals surface area (Å²) in [6, 6.07) is 54.4. The van der Waals surface area contributed by atoms with E-state index in [2.05, 4.69) is 258 Å². The van der Waals surface area contributed by atoms with Crippen molar-refractivity contribution in [3.63, 3.8) is 0 Å². The number of para-hydroxylation sites is 2. The zero-order valence-electron chi connectivity index (χ0n) is 49.8. The van der Waals surface area contributed by atoms with E-state index in [0.717, 1.165) is 59.2 Å². The predicted molar refractivity (Wildman–Crippen MR) is 336 cm³/mol. The highest BCUT2D eigenvalue weighted by atomic mass is 16.4. The van der Waals surface area contributed by atoms with Crippen molar-refractivity contribution in [1.29, 1.82) is 0 Å². The molecule has 4 nitrogen and oxygen atoms in total. The van der Waals surface area contributed by atoms with E-state index in [0.29, 0.717) is 0 Å². The third-order valence-corrected chi connectivity index (χ3v) is 19.0. The minimum absolute atomic E-state index is 0.00309. The molecule has 2 aliphatic carbocycles. The van der Waals surface area contributed by atoms with Gasteiger partial charge in [0.15, 0.2) is 0 Å².